The van der Waals surface area contributed by atoms with Gasteiger partial charge < -0.3 is 4.90 Å². The number of anilines is 1. The highest BCUT2D eigenvalue weighted by Gasteiger charge is 2.13. The van der Waals surface area contributed by atoms with Crippen LogP contribution < -0.4 is 4.90 Å². The summed E-state index contributed by atoms with van der Waals surface area (Å²) in [6.07, 6.45) is 5.35. The fourth-order valence-electron chi connectivity index (χ4n) is 2.47. The highest BCUT2D eigenvalue weighted by Crippen LogP contribution is 2.25. The number of hydrogen-bond donors (Lipinski definition) is 0. The Balaban J connectivity index is 1.67. The molecule has 0 aliphatic carbocycles. The predicted molar refractivity (Wildman–Crippen MR) is 84.1 cm³/mol. The van der Waals surface area contributed by atoms with Crippen LogP contribution in [0.25, 0.3) is 0 Å². The molecule has 2 heterocycles. The Morgan fingerprint density at radius 1 is 1.10 bits per heavy atom. The number of thioether (sulfide) groups is 1. The van der Waals surface area contributed by atoms with Crippen LogP contribution in [0.4, 0.5) is 10.2 Å². The fourth-order valence-corrected chi connectivity index (χ4v) is 3.32. The van der Waals surface area contributed by atoms with E-state index in [0.717, 1.165) is 23.9 Å². The third-order valence-electron chi connectivity index (χ3n) is 3.64. The molecule has 0 unspecified atom stereocenters. The van der Waals surface area contributed by atoms with Crippen LogP contribution in [-0.2, 0) is 5.75 Å². The number of hydrogen-bond acceptors (Lipinski definition) is 4. The van der Waals surface area contributed by atoms with Gasteiger partial charge in [-0.25, -0.2) is 14.4 Å². The second-order valence-corrected chi connectivity index (χ2v) is 6.14. The van der Waals surface area contributed by atoms with E-state index in [-0.39, 0.29) is 5.82 Å². The number of benzene rings is 1. The van der Waals surface area contributed by atoms with Gasteiger partial charge in [0.2, 0.25) is 0 Å². The first kappa shape index (κ1) is 14.3. The Labute approximate surface area is 128 Å². The van der Waals surface area contributed by atoms with Gasteiger partial charge in [0.1, 0.15) is 23.0 Å². The molecule has 0 bridgehead atoms. The van der Waals surface area contributed by atoms with Gasteiger partial charge in [0.15, 0.2) is 0 Å². The molecule has 1 fully saturated rings. The van der Waals surface area contributed by atoms with Crippen molar-refractivity contribution in [3.05, 3.63) is 48.0 Å². The fraction of sp³-hybridized carbons (Fsp3) is 0.375. The summed E-state index contributed by atoms with van der Waals surface area (Å²) in [7, 11) is 0. The SMILES string of the molecule is Fc1ccccc1CSc1cc(N2CCCCC2)ncn1. The molecule has 3 rings (SSSR count). The van der Waals surface area contributed by atoms with Gasteiger partial charge in [0, 0.05) is 24.9 Å². The van der Waals surface area contributed by atoms with Crippen molar-refractivity contribution in [2.45, 2.75) is 30.0 Å². The lowest BCUT2D eigenvalue weighted by molar-refractivity contribution is 0.572. The molecule has 1 aliphatic rings. The number of halogens is 1. The van der Waals surface area contributed by atoms with E-state index < -0.39 is 0 Å². The van der Waals surface area contributed by atoms with Crippen LogP contribution >= 0.6 is 11.8 Å². The van der Waals surface area contributed by atoms with Gasteiger partial charge in [-0.3, -0.25) is 0 Å². The average molecular weight is 303 g/mol. The minimum absolute atomic E-state index is 0.157. The highest BCUT2D eigenvalue weighted by molar-refractivity contribution is 7.98. The summed E-state index contributed by atoms with van der Waals surface area (Å²) in [5.74, 6) is 1.42. The van der Waals surface area contributed by atoms with Crippen molar-refractivity contribution < 1.29 is 4.39 Å². The van der Waals surface area contributed by atoms with Crippen LogP contribution in [0.3, 0.4) is 0 Å². The van der Waals surface area contributed by atoms with E-state index in [9.17, 15) is 4.39 Å². The molecule has 1 aliphatic heterocycles. The molecule has 5 heteroatoms. The first-order valence-corrected chi connectivity index (χ1v) is 8.25. The first-order chi connectivity index (χ1) is 10.3. The molecule has 0 amide bonds. The van der Waals surface area contributed by atoms with Crippen molar-refractivity contribution in [2.75, 3.05) is 18.0 Å². The number of aromatic nitrogens is 2. The smallest absolute Gasteiger partial charge is 0.133 e. The molecule has 0 N–H and O–H groups in total. The maximum Gasteiger partial charge on any atom is 0.133 e. The highest BCUT2D eigenvalue weighted by atomic mass is 32.2. The van der Waals surface area contributed by atoms with E-state index in [4.69, 9.17) is 0 Å². The van der Waals surface area contributed by atoms with Crippen LogP contribution in [0.5, 0.6) is 0 Å². The van der Waals surface area contributed by atoms with Gasteiger partial charge in [-0.05, 0) is 30.9 Å². The van der Waals surface area contributed by atoms with Crippen molar-refractivity contribution in [3.8, 4) is 0 Å². The van der Waals surface area contributed by atoms with Gasteiger partial charge in [-0.1, -0.05) is 18.2 Å². The van der Waals surface area contributed by atoms with Gasteiger partial charge in [0.25, 0.3) is 0 Å². The summed E-state index contributed by atoms with van der Waals surface area (Å²) in [5.41, 5.74) is 0.709. The van der Waals surface area contributed by atoms with Gasteiger partial charge in [-0.15, -0.1) is 11.8 Å². The second-order valence-electron chi connectivity index (χ2n) is 5.14. The van der Waals surface area contributed by atoms with Crippen LogP contribution in [0.1, 0.15) is 24.8 Å². The maximum absolute atomic E-state index is 13.6. The Bertz CT molecular complexity index is 600. The number of piperidine rings is 1. The van der Waals surface area contributed by atoms with Crippen molar-refractivity contribution in [1.82, 2.24) is 9.97 Å². The summed E-state index contributed by atoms with van der Waals surface area (Å²) < 4.78 is 13.6. The third kappa shape index (κ3) is 3.73. The zero-order valence-corrected chi connectivity index (χ0v) is 12.7. The van der Waals surface area contributed by atoms with E-state index in [2.05, 4.69) is 14.9 Å². The van der Waals surface area contributed by atoms with Crippen molar-refractivity contribution in [2.24, 2.45) is 0 Å². The van der Waals surface area contributed by atoms with Crippen molar-refractivity contribution in [1.29, 1.82) is 0 Å². The standard InChI is InChI=1S/C16H18FN3S/c17-14-7-3-2-6-13(14)11-21-16-10-15(18-12-19-16)20-8-4-1-5-9-20/h2-3,6-7,10,12H,1,4-5,8-9,11H2. The van der Waals surface area contributed by atoms with Crippen molar-refractivity contribution >= 4 is 17.6 Å². The average Bonchev–Trinajstić information content (AvgIpc) is 2.55. The molecule has 2 aromatic rings. The molecule has 1 aromatic carbocycles. The van der Waals surface area contributed by atoms with E-state index in [1.165, 1.54) is 25.3 Å². The molecule has 21 heavy (non-hydrogen) atoms. The molecule has 110 valence electrons. The van der Waals surface area contributed by atoms with Crippen LogP contribution in [0, 0.1) is 5.82 Å². The lowest BCUT2D eigenvalue weighted by Crippen LogP contribution is -2.30. The van der Waals surface area contributed by atoms with Crippen LogP contribution in [-0.4, -0.2) is 23.1 Å². The molecule has 0 radical (unpaired) electrons. The van der Waals surface area contributed by atoms with E-state index in [0.29, 0.717) is 11.3 Å². The quantitative estimate of drug-likeness (QED) is 0.633. The third-order valence-corrected chi connectivity index (χ3v) is 4.62. The number of nitrogens with zero attached hydrogens (tertiary/aromatic N) is 3. The first-order valence-electron chi connectivity index (χ1n) is 7.26. The van der Waals surface area contributed by atoms with Gasteiger partial charge in [-0.2, -0.15) is 0 Å². The van der Waals surface area contributed by atoms with E-state index >= 15 is 0 Å². The zero-order chi connectivity index (χ0) is 14.5. The molecule has 0 spiro atoms. The number of rotatable bonds is 4. The molecule has 1 aromatic heterocycles. The normalized spacial score (nSPS) is 15.2. The van der Waals surface area contributed by atoms with Crippen LogP contribution in [0.15, 0.2) is 41.7 Å². The maximum atomic E-state index is 13.6. The molecule has 0 atom stereocenters. The van der Waals surface area contributed by atoms with Crippen LogP contribution in [0.2, 0.25) is 0 Å². The molecule has 0 saturated carbocycles. The Hall–Kier alpha value is -1.62. The minimum Gasteiger partial charge on any atom is -0.356 e. The molecular formula is C16H18FN3S. The van der Waals surface area contributed by atoms with Gasteiger partial charge in [0.05, 0.1) is 0 Å². The summed E-state index contributed by atoms with van der Waals surface area (Å²) in [4.78, 5) is 10.9. The summed E-state index contributed by atoms with van der Waals surface area (Å²) in [6.45, 7) is 2.13. The largest absolute Gasteiger partial charge is 0.356 e. The minimum atomic E-state index is -0.157. The summed E-state index contributed by atoms with van der Waals surface area (Å²) in [5, 5.41) is 0.897. The Morgan fingerprint density at radius 2 is 1.90 bits per heavy atom. The Morgan fingerprint density at radius 3 is 2.71 bits per heavy atom. The van der Waals surface area contributed by atoms with Crippen molar-refractivity contribution in [3.63, 3.8) is 0 Å². The van der Waals surface area contributed by atoms with Gasteiger partial charge >= 0.3 is 0 Å². The predicted octanol–water partition coefficient (Wildman–Crippen LogP) is 3.90. The van der Waals surface area contributed by atoms with E-state index in [1.807, 2.05) is 18.2 Å². The summed E-state index contributed by atoms with van der Waals surface area (Å²) >= 11 is 1.55. The molecule has 3 nitrogen and oxygen atoms in total. The Kier molecular flexibility index (Phi) is 4.70. The topological polar surface area (TPSA) is 29.0 Å². The molecule has 1 saturated heterocycles. The van der Waals surface area contributed by atoms with E-state index in [1.54, 1.807) is 24.2 Å². The molecular weight excluding hydrogens is 285 g/mol. The zero-order valence-electron chi connectivity index (χ0n) is 11.8. The lowest BCUT2D eigenvalue weighted by Gasteiger charge is -2.27. The summed E-state index contributed by atoms with van der Waals surface area (Å²) in [6, 6.07) is 8.89. The second kappa shape index (κ2) is 6.89. The monoisotopic (exact) mass is 303 g/mol. The lowest BCUT2D eigenvalue weighted by atomic mass is 10.1.